The second-order valence-corrected chi connectivity index (χ2v) is 4.74. The SMILES string of the molecule is Nc1ncccc1CN1CCCN(CCO)CC1. The summed E-state index contributed by atoms with van der Waals surface area (Å²) in [5, 5.41) is 8.97. The summed E-state index contributed by atoms with van der Waals surface area (Å²) < 4.78 is 0. The lowest BCUT2D eigenvalue weighted by Crippen LogP contribution is -2.32. The molecule has 2 rings (SSSR count). The standard InChI is InChI=1S/C13H22N4O/c14-13-12(3-1-4-15-13)11-17-6-2-5-16(7-8-17)9-10-18/h1,3-4,18H,2,5-11H2,(H2,14,15). The number of nitrogens with two attached hydrogens (primary N) is 1. The molecule has 0 bridgehead atoms. The molecule has 1 aromatic heterocycles. The smallest absolute Gasteiger partial charge is 0.127 e. The maximum atomic E-state index is 8.97. The molecule has 0 aliphatic carbocycles. The molecule has 1 saturated heterocycles. The van der Waals surface area contributed by atoms with Gasteiger partial charge in [0.05, 0.1) is 6.61 Å². The fourth-order valence-electron chi connectivity index (χ4n) is 2.37. The Hall–Kier alpha value is -1.17. The van der Waals surface area contributed by atoms with Crippen molar-refractivity contribution in [1.82, 2.24) is 14.8 Å². The fourth-order valence-corrected chi connectivity index (χ4v) is 2.37. The highest BCUT2D eigenvalue weighted by Gasteiger charge is 2.15. The molecule has 100 valence electrons. The Bertz CT molecular complexity index is 372. The van der Waals surface area contributed by atoms with Gasteiger partial charge in [0.15, 0.2) is 0 Å². The van der Waals surface area contributed by atoms with Crippen LogP contribution in [0.15, 0.2) is 18.3 Å². The summed E-state index contributed by atoms with van der Waals surface area (Å²) >= 11 is 0. The summed E-state index contributed by atoms with van der Waals surface area (Å²) in [4.78, 5) is 8.84. The van der Waals surface area contributed by atoms with Crippen LogP contribution < -0.4 is 5.73 Å². The molecule has 0 amide bonds. The summed E-state index contributed by atoms with van der Waals surface area (Å²) in [6, 6.07) is 3.97. The van der Waals surface area contributed by atoms with Gasteiger partial charge in [-0.15, -0.1) is 0 Å². The normalized spacial score (nSPS) is 18.7. The fraction of sp³-hybridized carbons (Fsp3) is 0.615. The molecule has 0 unspecified atom stereocenters. The second kappa shape index (κ2) is 6.68. The first-order valence-electron chi connectivity index (χ1n) is 6.54. The zero-order chi connectivity index (χ0) is 12.8. The van der Waals surface area contributed by atoms with E-state index in [0.717, 1.165) is 51.3 Å². The van der Waals surface area contributed by atoms with Crippen molar-refractivity contribution in [3.63, 3.8) is 0 Å². The van der Waals surface area contributed by atoms with Crippen molar-refractivity contribution in [2.45, 2.75) is 13.0 Å². The van der Waals surface area contributed by atoms with Crippen LogP contribution in [-0.4, -0.2) is 59.2 Å². The van der Waals surface area contributed by atoms with Gasteiger partial charge in [-0.25, -0.2) is 4.98 Å². The molecule has 0 radical (unpaired) electrons. The number of rotatable bonds is 4. The molecule has 1 aromatic rings. The molecule has 0 saturated carbocycles. The van der Waals surface area contributed by atoms with Gasteiger partial charge in [0.2, 0.25) is 0 Å². The molecule has 0 aromatic carbocycles. The zero-order valence-electron chi connectivity index (χ0n) is 10.8. The van der Waals surface area contributed by atoms with Crippen molar-refractivity contribution in [3.8, 4) is 0 Å². The summed E-state index contributed by atoms with van der Waals surface area (Å²) in [7, 11) is 0. The van der Waals surface area contributed by atoms with Gasteiger partial charge < -0.3 is 10.8 Å². The monoisotopic (exact) mass is 250 g/mol. The summed E-state index contributed by atoms with van der Waals surface area (Å²) in [6.07, 6.45) is 2.87. The third-order valence-electron chi connectivity index (χ3n) is 3.42. The number of pyridine rings is 1. The Morgan fingerprint density at radius 3 is 2.78 bits per heavy atom. The number of aliphatic hydroxyl groups is 1. The van der Waals surface area contributed by atoms with E-state index in [-0.39, 0.29) is 6.61 Å². The lowest BCUT2D eigenvalue weighted by atomic mass is 10.2. The van der Waals surface area contributed by atoms with Crippen molar-refractivity contribution in [1.29, 1.82) is 0 Å². The second-order valence-electron chi connectivity index (χ2n) is 4.74. The first-order chi connectivity index (χ1) is 8.79. The maximum Gasteiger partial charge on any atom is 0.127 e. The number of aliphatic hydroxyl groups excluding tert-OH is 1. The van der Waals surface area contributed by atoms with E-state index < -0.39 is 0 Å². The van der Waals surface area contributed by atoms with Gasteiger partial charge in [0.1, 0.15) is 5.82 Å². The molecule has 3 N–H and O–H groups in total. The van der Waals surface area contributed by atoms with Crippen molar-refractivity contribution in [2.24, 2.45) is 0 Å². The highest BCUT2D eigenvalue weighted by molar-refractivity contribution is 5.38. The molecule has 1 fully saturated rings. The van der Waals surface area contributed by atoms with Crippen molar-refractivity contribution >= 4 is 5.82 Å². The third kappa shape index (κ3) is 3.66. The van der Waals surface area contributed by atoms with Crippen LogP contribution in [0.1, 0.15) is 12.0 Å². The van der Waals surface area contributed by atoms with Crippen LogP contribution >= 0.6 is 0 Å². The Morgan fingerprint density at radius 1 is 1.22 bits per heavy atom. The Morgan fingerprint density at radius 2 is 2.00 bits per heavy atom. The average Bonchev–Trinajstić information content (AvgIpc) is 2.59. The first-order valence-corrected chi connectivity index (χ1v) is 6.54. The van der Waals surface area contributed by atoms with Crippen LogP contribution in [-0.2, 0) is 6.54 Å². The van der Waals surface area contributed by atoms with Crippen molar-refractivity contribution in [3.05, 3.63) is 23.9 Å². The Kier molecular flexibility index (Phi) is 4.92. The van der Waals surface area contributed by atoms with Gasteiger partial charge in [-0.2, -0.15) is 0 Å². The molecule has 2 heterocycles. The molecule has 18 heavy (non-hydrogen) atoms. The quantitative estimate of drug-likeness (QED) is 0.797. The van der Waals surface area contributed by atoms with Gasteiger partial charge in [0, 0.05) is 37.9 Å². The van der Waals surface area contributed by atoms with E-state index in [1.165, 1.54) is 0 Å². The van der Waals surface area contributed by atoms with Crippen LogP contribution in [0, 0.1) is 0 Å². The van der Waals surface area contributed by atoms with E-state index in [1.807, 2.05) is 12.1 Å². The van der Waals surface area contributed by atoms with Gasteiger partial charge >= 0.3 is 0 Å². The molecule has 5 nitrogen and oxygen atoms in total. The van der Waals surface area contributed by atoms with E-state index >= 15 is 0 Å². The average molecular weight is 250 g/mol. The molecule has 5 heteroatoms. The molecular formula is C13H22N4O. The largest absolute Gasteiger partial charge is 0.395 e. The Balaban J connectivity index is 1.89. The lowest BCUT2D eigenvalue weighted by Gasteiger charge is -2.21. The third-order valence-corrected chi connectivity index (χ3v) is 3.42. The number of anilines is 1. The van der Waals surface area contributed by atoms with Gasteiger partial charge in [-0.1, -0.05) is 6.07 Å². The molecule has 0 spiro atoms. The first kappa shape index (κ1) is 13.3. The van der Waals surface area contributed by atoms with Crippen LogP contribution in [0.4, 0.5) is 5.82 Å². The molecule has 0 atom stereocenters. The highest BCUT2D eigenvalue weighted by Crippen LogP contribution is 2.12. The Labute approximate surface area is 108 Å². The van der Waals surface area contributed by atoms with Gasteiger partial charge in [-0.3, -0.25) is 9.80 Å². The summed E-state index contributed by atoms with van der Waals surface area (Å²) in [6.45, 7) is 6.08. The molecular weight excluding hydrogens is 228 g/mol. The number of hydrogen-bond acceptors (Lipinski definition) is 5. The van der Waals surface area contributed by atoms with Crippen LogP contribution in [0.3, 0.4) is 0 Å². The van der Waals surface area contributed by atoms with Crippen LogP contribution in [0.25, 0.3) is 0 Å². The van der Waals surface area contributed by atoms with Crippen LogP contribution in [0.2, 0.25) is 0 Å². The number of nitrogens with zero attached hydrogens (tertiary/aromatic N) is 3. The summed E-state index contributed by atoms with van der Waals surface area (Å²) in [5.41, 5.74) is 6.98. The van der Waals surface area contributed by atoms with Crippen molar-refractivity contribution in [2.75, 3.05) is 45.1 Å². The van der Waals surface area contributed by atoms with Crippen molar-refractivity contribution < 1.29 is 5.11 Å². The minimum atomic E-state index is 0.246. The van der Waals surface area contributed by atoms with E-state index in [1.54, 1.807) is 6.20 Å². The lowest BCUT2D eigenvalue weighted by molar-refractivity contribution is 0.196. The van der Waals surface area contributed by atoms with E-state index in [0.29, 0.717) is 5.82 Å². The minimum absolute atomic E-state index is 0.246. The highest BCUT2D eigenvalue weighted by atomic mass is 16.3. The topological polar surface area (TPSA) is 65.6 Å². The number of nitrogen functional groups attached to an aromatic ring is 1. The number of hydrogen-bond donors (Lipinski definition) is 2. The predicted octanol–water partition coefficient (Wildman–Crippen LogP) is 0.164. The van der Waals surface area contributed by atoms with Crippen LogP contribution in [0.5, 0.6) is 0 Å². The van der Waals surface area contributed by atoms with E-state index in [2.05, 4.69) is 14.8 Å². The predicted molar refractivity (Wildman–Crippen MR) is 72.1 cm³/mol. The van der Waals surface area contributed by atoms with E-state index in [9.17, 15) is 0 Å². The summed E-state index contributed by atoms with van der Waals surface area (Å²) in [5.74, 6) is 0.633. The number of aromatic nitrogens is 1. The zero-order valence-corrected chi connectivity index (χ0v) is 10.8. The van der Waals surface area contributed by atoms with Gasteiger partial charge in [0.25, 0.3) is 0 Å². The molecule has 1 aliphatic heterocycles. The molecule has 1 aliphatic rings. The van der Waals surface area contributed by atoms with E-state index in [4.69, 9.17) is 10.8 Å². The minimum Gasteiger partial charge on any atom is -0.395 e. The number of β-amino-alcohol motifs (C(OH)–C–C–N with tert-alkyl or cyclic N) is 1. The maximum absolute atomic E-state index is 8.97. The van der Waals surface area contributed by atoms with Gasteiger partial charge in [-0.05, 0) is 25.6 Å².